The van der Waals surface area contributed by atoms with Crippen LogP contribution in [-0.4, -0.2) is 22.2 Å². The molecule has 1 saturated carbocycles. The Hall–Kier alpha value is -1.19. The van der Waals surface area contributed by atoms with Gasteiger partial charge >= 0.3 is 0 Å². The summed E-state index contributed by atoms with van der Waals surface area (Å²) in [5.41, 5.74) is 2.18. The zero-order valence-electron chi connectivity index (χ0n) is 8.67. The molecule has 2 N–H and O–H groups in total. The number of aliphatic hydroxyl groups excluding tert-OH is 1. The molecule has 0 spiro atoms. The summed E-state index contributed by atoms with van der Waals surface area (Å²) in [6.45, 7) is 2.02. The largest absolute Gasteiger partial charge is 0.368 e. The minimum atomic E-state index is -1.17. The molecule has 2 unspecified atom stereocenters. The van der Waals surface area contributed by atoms with Gasteiger partial charge in [-0.3, -0.25) is 4.99 Å². The average molecular weight is 205 g/mol. The van der Waals surface area contributed by atoms with E-state index in [4.69, 9.17) is 10.2 Å². The van der Waals surface area contributed by atoms with Gasteiger partial charge in [-0.15, -0.1) is 0 Å². The van der Waals surface area contributed by atoms with Gasteiger partial charge in [0.25, 0.3) is 0 Å². The van der Waals surface area contributed by atoms with Crippen LogP contribution in [0.3, 0.4) is 0 Å². The second kappa shape index (κ2) is 4.13. The Bertz CT molecular complexity index is 364. The van der Waals surface area contributed by atoms with Crippen LogP contribution in [0, 0.1) is 11.8 Å². The molecule has 2 atom stereocenters. The van der Waals surface area contributed by atoms with E-state index in [1.807, 2.05) is 31.2 Å². The first kappa shape index (κ1) is 10.3. The molecule has 0 aromatic heterocycles. The number of rotatable bonds is 4. The van der Waals surface area contributed by atoms with Crippen LogP contribution in [0.25, 0.3) is 0 Å². The lowest BCUT2D eigenvalue weighted by atomic mass is 10.1. The normalized spacial score (nSPS) is 29.6. The van der Waals surface area contributed by atoms with Gasteiger partial charge in [0.1, 0.15) is 0 Å². The van der Waals surface area contributed by atoms with Crippen LogP contribution in [0.15, 0.2) is 41.1 Å². The molecule has 1 fully saturated rings. The molecule has 1 heterocycles. The third kappa shape index (κ3) is 2.43. The first-order valence-corrected chi connectivity index (χ1v) is 5.14. The van der Waals surface area contributed by atoms with Gasteiger partial charge < -0.3 is 10.2 Å². The third-order valence-corrected chi connectivity index (χ3v) is 2.90. The molecule has 80 valence electrons. The smallest absolute Gasteiger partial charge is 0.154 e. The number of hydrogen-bond acceptors (Lipinski definition) is 3. The van der Waals surface area contributed by atoms with Crippen molar-refractivity contribution in [2.45, 2.75) is 19.6 Å². The van der Waals surface area contributed by atoms with Crippen molar-refractivity contribution in [3.8, 4) is 0 Å². The molecule has 1 aliphatic carbocycles. The molecule has 2 rings (SSSR count). The molecule has 15 heavy (non-hydrogen) atoms. The molecular weight excluding hydrogens is 190 g/mol. The van der Waals surface area contributed by atoms with Gasteiger partial charge in [0.2, 0.25) is 0 Å². The third-order valence-electron chi connectivity index (χ3n) is 2.90. The topological polar surface area (TPSA) is 52.8 Å². The Morgan fingerprint density at radius 3 is 2.80 bits per heavy atom. The van der Waals surface area contributed by atoms with Crippen molar-refractivity contribution >= 4 is 5.71 Å². The van der Waals surface area contributed by atoms with Crippen molar-refractivity contribution < 1.29 is 10.2 Å². The van der Waals surface area contributed by atoms with E-state index >= 15 is 0 Å². The highest BCUT2D eigenvalue weighted by Gasteiger charge is 2.42. The zero-order valence-corrected chi connectivity index (χ0v) is 8.67. The summed E-state index contributed by atoms with van der Waals surface area (Å²) >= 11 is 0. The summed E-state index contributed by atoms with van der Waals surface area (Å²) in [6, 6.07) is 0. The quantitative estimate of drug-likeness (QED) is 0.538. The maximum absolute atomic E-state index is 8.95. The minimum absolute atomic E-state index is 0.0376. The second-order valence-electron chi connectivity index (χ2n) is 4.06. The first-order valence-electron chi connectivity index (χ1n) is 5.14. The number of nitrogens with zero attached hydrogens (tertiary/aromatic N) is 1. The fourth-order valence-electron chi connectivity index (χ4n) is 1.75. The first-order chi connectivity index (χ1) is 7.18. The lowest BCUT2D eigenvalue weighted by Gasteiger charge is -2.01. The lowest BCUT2D eigenvalue weighted by molar-refractivity contribution is -0.0590. The van der Waals surface area contributed by atoms with Crippen molar-refractivity contribution in [3.63, 3.8) is 0 Å². The van der Waals surface area contributed by atoms with Crippen LogP contribution >= 0.6 is 0 Å². The summed E-state index contributed by atoms with van der Waals surface area (Å²) in [5.74, 6) is 0.379. The molecule has 2 aliphatic rings. The van der Waals surface area contributed by atoms with Crippen LogP contribution in [0.5, 0.6) is 0 Å². The molecule has 0 radical (unpaired) electrons. The molecule has 0 aromatic carbocycles. The van der Waals surface area contributed by atoms with Crippen molar-refractivity contribution in [1.29, 1.82) is 0 Å². The Labute approximate surface area is 89.2 Å². The van der Waals surface area contributed by atoms with E-state index < -0.39 is 6.29 Å². The van der Waals surface area contributed by atoms with E-state index in [0.717, 1.165) is 12.1 Å². The Morgan fingerprint density at radius 1 is 1.60 bits per heavy atom. The highest BCUT2D eigenvalue weighted by atomic mass is 16.5. The number of hydrogen-bond donors (Lipinski definition) is 2. The number of aliphatic hydroxyl groups is 2. The van der Waals surface area contributed by atoms with Crippen molar-refractivity contribution in [2.24, 2.45) is 16.8 Å². The summed E-state index contributed by atoms with van der Waals surface area (Å²) in [6.07, 6.45) is 9.33. The van der Waals surface area contributed by atoms with Crippen LogP contribution in [0.1, 0.15) is 13.3 Å². The number of aliphatic imine (C=N–C) groups is 1. The van der Waals surface area contributed by atoms with E-state index in [0.29, 0.717) is 5.92 Å². The fraction of sp³-hybridized carbons (Fsp3) is 0.417. The maximum atomic E-state index is 8.95. The zero-order chi connectivity index (χ0) is 10.8. The fourth-order valence-corrected chi connectivity index (χ4v) is 1.75. The SMILES string of the molecule is CC(=CC=CC1=NC=C1)C1CC1C(O)O. The van der Waals surface area contributed by atoms with E-state index in [2.05, 4.69) is 4.99 Å². The van der Waals surface area contributed by atoms with Crippen LogP contribution in [-0.2, 0) is 0 Å². The molecule has 0 amide bonds. The standard InChI is InChI=1S/C12H15NO2/c1-8(10-7-11(10)12(14)15)3-2-4-9-5-6-13-9/h2-6,10-12,14-15H,7H2,1H3. The Morgan fingerprint density at radius 2 is 2.33 bits per heavy atom. The van der Waals surface area contributed by atoms with Gasteiger partial charge in [-0.25, -0.2) is 0 Å². The highest BCUT2D eigenvalue weighted by molar-refractivity contribution is 6.07. The van der Waals surface area contributed by atoms with Gasteiger partial charge in [-0.1, -0.05) is 17.7 Å². The summed E-state index contributed by atoms with van der Waals surface area (Å²) in [7, 11) is 0. The molecular formula is C12H15NO2. The van der Waals surface area contributed by atoms with Crippen molar-refractivity contribution in [3.05, 3.63) is 36.1 Å². The summed E-state index contributed by atoms with van der Waals surface area (Å²) in [5, 5.41) is 17.9. The molecule has 1 aliphatic heterocycles. The Kier molecular flexibility index (Phi) is 2.84. The van der Waals surface area contributed by atoms with Gasteiger partial charge in [-0.05, 0) is 31.4 Å². The summed E-state index contributed by atoms with van der Waals surface area (Å²) in [4.78, 5) is 4.01. The Balaban J connectivity index is 1.83. The van der Waals surface area contributed by atoms with Crippen molar-refractivity contribution in [2.75, 3.05) is 0 Å². The molecule has 0 bridgehead atoms. The van der Waals surface area contributed by atoms with Gasteiger partial charge in [0, 0.05) is 12.1 Å². The van der Waals surface area contributed by atoms with E-state index in [1.54, 1.807) is 6.20 Å². The monoisotopic (exact) mass is 205 g/mol. The van der Waals surface area contributed by atoms with E-state index in [-0.39, 0.29) is 5.92 Å². The number of allylic oxidation sites excluding steroid dienone is 5. The second-order valence-corrected chi connectivity index (χ2v) is 4.06. The maximum Gasteiger partial charge on any atom is 0.154 e. The highest BCUT2D eigenvalue weighted by Crippen LogP contribution is 2.45. The van der Waals surface area contributed by atoms with Crippen molar-refractivity contribution in [1.82, 2.24) is 0 Å². The molecule has 0 saturated heterocycles. The lowest BCUT2D eigenvalue weighted by Crippen LogP contribution is -2.08. The van der Waals surface area contributed by atoms with Crippen LogP contribution in [0.4, 0.5) is 0 Å². The van der Waals surface area contributed by atoms with Gasteiger partial charge in [-0.2, -0.15) is 0 Å². The summed E-state index contributed by atoms with van der Waals surface area (Å²) < 4.78 is 0. The predicted molar refractivity (Wildman–Crippen MR) is 59.3 cm³/mol. The minimum Gasteiger partial charge on any atom is -0.368 e. The van der Waals surface area contributed by atoms with Crippen LogP contribution < -0.4 is 0 Å². The van der Waals surface area contributed by atoms with E-state index in [9.17, 15) is 0 Å². The van der Waals surface area contributed by atoms with E-state index in [1.165, 1.54) is 5.57 Å². The van der Waals surface area contributed by atoms with Gasteiger partial charge in [0.05, 0.1) is 5.71 Å². The predicted octanol–water partition coefficient (Wildman–Crippen LogP) is 1.40. The van der Waals surface area contributed by atoms with Gasteiger partial charge in [0.15, 0.2) is 6.29 Å². The molecule has 3 heteroatoms. The molecule has 3 nitrogen and oxygen atoms in total. The van der Waals surface area contributed by atoms with Crippen LogP contribution in [0.2, 0.25) is 0 Å². The average Bonchev–Trinajstić information content (AvgIpc) is 2.87. The molecule has 0 aromatic rings.